The lowest BCUT2D eigenvalue weighted by molar-refractivity contribution is -0.137. The van der Waals surface area contributed by atoms with Gasteiger partial charge in [-0.05, 0) is 25.1 Å². The van der Waals surface area contributed by atoms with Gasteiger partial charge in [-0.1, -0.05) is 0 Å². The molecule has 1 aliphatic rings. The van der Waals surface area contributed by atoms with Crippen LogP contribution in [0.1, 0.15) is 12.5 Å². The number of carbonyl (C=O) groups is 1. The van der Waals surface area contributed by atoms with E-state index in [0.29, 0.717) is 6.54 Å². The number of alkyl halides is 3. The fourth-order valence-electron chi connectivity index (χ4n) is 2.66. The summed E-state index contributed by atoms with van der Waals surface area (Å²) in [5.41, 5.74) is -0.842. The minimum atomic E-state index is -4.50. The summed E-state index contributed by atoms with van der Waals surface area (Å²) in [6.07, 6.45) is -4.50. The smallest absolute Gasteiger partial charge is 0.416 e. The summed E-state index contributed by atoms with van der Waals surface area (Å²) >= 11 is 0. The molecule has 0 aromatic heterocycles. The normalized spacial score (nSPS) is 18.6. The van der Waals surface area contributed by atoms with E-state index >= 15 is 0 Å². The first-order chi connectivity index (χ1) is 12.3. The fraction of sp³-hybridized carbons (Fsp3) is 0.588. The minimum absolute atomic E-state index is 0.00344. The number of piperazine rings is 1. The molecule has 1 saturated heterocycles. The van der Waals surface area contributed by atoms with E-state index in [1.54, 1.807) is 0 Å². The molecule has 0 unspecified atom stereocenters. The molecule has 9 heteroatoms. The zero-order chi connectivity index (χ0) is 19.2. The van der Waals surface area contributed by atoms with E-state index in [0.717, 1.165) is 25.2 Å². The highest BCUT2D eigenvalue weighted by Crippen LogP contribution is 2.35. The SMILES string of the molecule is COCCOc1ccc(C(F)(F)F)cc1NC(=O)CN1CCNC[C@H]1C. The van der Waals surface area contributed by atoms with Crippen molar-refractivity contribution in [3.8, 4) is 5.75 Å². The second kappa shape index (κ2) is 9.20. The highest BCUT2D eigenvalue weighted by Gasteiger charge is 2.31. The molecule has 1 aliphatic heterocycles. The molecule has 146 valence electrons. The van der Waals surface area contributed by atoms with Crippen LogP contribution < -0.4 is 15.4 Å². The summed E-state index contributed by atoms with van der Waals surface area (Å²) in [5.74, 6) is -0.202. The predicted octanol–water partition coefficient (Wildman–Crippen LogP) is 1.96. The molecule has 1 heterocycles. The van der Waals surface area contributed by atoms with E-state index in [9.17, 15) is 18.0 Å². The first-order valence-corrected chi connectivity index (χ1v) is 8.39. The number of halogens is 3. The predicted molar refractivity (Wildman–Crippen MR) is 91.3 cm³/mol. The number of amides is 1. The van der Waals surface area contributed by atoms with E-state index < -0.39 is 11.7 Å². The molecule has 0 spiro atoms. The Balaban J connectivity index is 2.11. The van der Waals surface area contributed by atoms with Crippen molar-refractivity contribution in [1.29, 1.82) is 0 Å². The average Bonchev–Trinajstić information content (AvgIpc) is 2.57. The van der Waals surface area contributed by atoms with Crippen molar-refractivity contribution in [3.05, 3.63) is 23.8 Å². The quantitative estimate of drug-likeness (QED) is 0.714. The van der Waals surface area contributed by atoms with Crippen LogP contribution >= 0.6 is 0 Å². The summed E-state index contributed by atoms with van der Waals surface area (Å²) in [7, 11) is 1.49. The largest absolute Gasteiger partial charge is 0.489 e. The Morgan fingerprint density at radius 1 is 1.38 bits per heavy atom. The number of benzene rings is 1. The first-order valence-electron chi connectivity index (χ1n) is 8.39. The van der Waals surface area contributed by atoms with Crippen LogP contribution in [0.15, 0.2) is 18.2 Å². The van der Waals surface area contributed by atoms with Crippen LogP contribution in [0.25, 0.3) is 0 Å². The minimum Gasteiger partial charge on any atom is -0.489 e. The maximum absolute atomic E-state index is 13.0. The summed E-state index contributed by atoms with van der Waals surface area (Å²) in [6, 6.07) is 3.20. The molecule has 2 N–H and O–H groups in total. The summed E-state index contributed by atoms with van der Waals surface area (Å²) < 4.78 is 49.2. The zero-order valence-corrected chi connectivity index (χ0v) is 14.9. The second-order valence-electron chi connectivity index (χ2n) is 6.12. The van der Waals surface area contributed by atoms with Crippen LogP contribution in [0, 0.1) is 0 Å². The van der Waals surface area contributed by atoms with Crippen LogP contribution in [-0.2, 0) is 15.7 Å². The van der Waals surface area contributed by atoms with E-state index in [1.165, 1.54) is 13.2 Å². The Hall–Kier alpha value is -1.84. The Morgan fingerprint density at radius 3 is 2.81 bits per heavy atom. The number of anilines is 1. The number of hydrogen-bond acceptors (Lipinski definition) is 5. The summed E-state index contributed by atoms with van der Waals surface area (Å²) in [6.45, 7) is 4.79. The molecular formula is C17H24F3N3O3. The molecule has 1 fully saturated rings. The van der Waals surface area contributed by atoms with Crippen LogP contribution in [0.5, 0.6) is 5.75 Å². The van der Waals surface area contributed by atoms with E-state index in [-0.39, 0.29) is 43.1 Å². The van der Waals surface area contributed by atoms with Crippen LogP contribution in [0.3, 0.4) is 0 Å². The molecule has 0 saturated carbocycles. The first kappa shape index (κ1) is 20.5. The van der Waals surface area contributed by atoms with Crippen molar-refractivity contribution < 1.29 is 27.4 Å². The maximum atomic E-state index is 13.0. The third-order valence-corrected chi connectivity index (χ3v) is 4.11. The topological polar surface area (TPSA) is 62.8 Å². The van der Waals surface area contributed by atoms with Gasteiger partial charge in [0.25, 0.3) is 0 Å². The molecule has 0 aliphatic carbocycles. The van der Waals surface area contributed by atoms with Crippen molar-refractivity contribution in [2.45, 2.75) is 19.1 Å². The fourth-order valence-corrected chi connectivity index (χ4v) is 2.66. The molecule has 26 heavy (non-hydrogen) atoms. The lowest BCUT2D eigenvalue weighted by atomic mass is 10.1. The van der Waals surface area contributed by atoms with E-state index in [4.69, 9.17) is 9.47 Å². The van der Waals surface area contributed by atoms with Gasteiger partial charge in [0.1, 0.15) is 12.4 Å². The Labute approximate surface area is 150 Å². The Morgan fingerprint density at radius 2 is 2.15 bits per heavy atom. The van der Waals surface area contributed by atoms with Gasteiger partial charge >= 0.3 is 6.18 Å². The number of hydrogen-bond donors (Lipinski definition) is 2. The van der Waals surface area contributed by atoms with Gasteiger partial charge in [0, 0.05) is 32.8 Å². The van der Waals surface area contributed by atoms with Crippen molar-refractivity contribution in [3.63, 3.8) is 0 Å². The van der Waals surface area contributed by atoms with Crippen LogP contribution in [0.2, 0.25) is 0 Å². The van der Waals surface area contributed by atoms with Gasteiger partial charge < -0.3 is 20.1 Å². The Bertz CT molecular complexity index is 611. The standard InChI is InChI=1S/C17H24F3N3O3/c1-12-10-21-5-6-23(12)11-16(24)22-14-9-13(17(18,19)20)3-4-15(14)26-8-7-25-2/h3-4,9,12,21H,5-8,10-11H2,1-2H3,(H,22,24)/t12-/m1/s1. The molecule has 1 aromatic carbocycles. The number of ether oxygens (including phenoxy) is 2. The maximum Gasteiger partial charge on any atom is 0.416 e. The van der Waals surface area contributed by atoms with Crippen molar-refractivity contribution in [2.24, 2.45) is 0 Å². The molecule has 0 bridgehead atoms. The Kier molecular flexibility index (Phi) is 7.24. The second-order valence-corrected chi connectivity index (χ2v) is 6.12. The van der Waals surface area contributed by atoms with Crippen molar-refractivity contribution in [2.75, 3.05) is 51.8 Å². The summed E-state index contributed by atoms with van der Waals surface area (Å²) in [4.78, 5) is 14.3. The summed E-state index contributed by atoms with van der Waals surface area (Å²) in [5, 5.41) is 5.77. The van der Waals surface area contributed by atoms with Crippen LogP contribution in [-0.4, -0.2) is 63.4 Å². The molecule has 2 rings (SSSR count). The van der Waals surface area contributed by atoms with Gasteiger partial charge in [-0.15, -0.1) is 0 Å². The van der Waals surface area contributed by atoms with Gasteiger partial charge in [0.15, 0.2) is 0 Å². The lowest BCUT2D eigenvalue weighted by Crippen LogP contribution is -2.52. The highest BCUT2D eigenvalue weighted by molar-refractivity contribution is 5.93. The molecule has 1 amide bonds. The number of nitrogens with zero attached hydrogens (tertiary/aromatic N) is 1. The molecule has 6 nitrogen and oxygen atoms in total. The van der Waals surface area contributed by atoms with Crippen molar-refractivity contribution >= 4 is 11.6 Å². The molecule has 0 radical (unpaired) electrons. The number of carbonyl (C=O) groups excluding carboxylic acids is 1. The third-order valence-electron chi connectivity index (χ3n) is 4.11. The van der Waals surface area contributed by atoms with Gasteiger partial charge in [-0.3, -0.25) is 9.69 Å². The number of methoxy groups -OCH3 is 1. The monoisotopic (exact) mass is 375 g/mol. The lowest BCUT2D eigenvalue weighted by Gasteiger charge is -2.33. The van der Waals surface area contributed by atoms with Crippen LogP contribution in [0.4, 0.5) is 18.9 Å². The van der Waals surface area contributed by atoms with Gasteiger partial charge in [0.05, 0.1) is 24.4 Å². The highest BCUT2D eigenvalue weighted by atomic mass is 19.4. The number of nitrogens with one attached hydrogen (secondary N) is 2. The molecule has 1 aromatic rings. The van der Waals surface area contributed by atoms with Gasteiger partial charge in [-0.2, -0.15) is 13.2 Å². The molecular weight excluding hydrogens is 351 g/mol. The number of rotatable bonds is 7. The van der Waals surface area contributed by atoms with E-state index in [1.807, 2.05) is 11.8 Å². The third kappa shape index (κ3) is 5.86. The van der Waals surface area contributed by atoms with E-state index in [2.05, 4.69) is 10.6 Å². The zero-order valence-electron chi connectivity index (χ0n) is 14.9. The van der Waals surface area contributed by atoms with Crippen molar-refractivity contribution in [1.82, 2.24) is 10.2 Å². The van der Waals surface area contributed by atoms with Gasteiger partial charge in [0.2, 0.25) is 5.91 Å². The molecule has 1 atom stereocenters. The average molecular weight is 375 g/mol. The van der Waals surface area contributed by atoms with Gasteiger partial charge in [-0.25, -0.2) is 0 Å².